The van der Waals surface area contributed by atoms with Gasteiger partial charge in [-0.2, -0.15) is 0 Å². The summed E-state index contributed by atoms with van der Waals surface area (Å²) in [5.74, 6) is 0. The monoisotopic (exact) mass is 398 g/mol. The van der Waals surface area contributed by atoms with Crippen LogP contribution in [-0.2, 0) is 20.0 Å². The van der Waals surface area contributed by atoms with Gasteiger partial charge < -0.3 is 0 Å². The Morgan fingerprint density at radius 2 is 1.15 bits per heavy atom. The fourth-order valence-corrected chi connectivity index (χ4v) is 3.85. The Kier molecular flexibility index (Phi) is 7.95. The molecule has 2 aromatic rings. The Balaban J connectivity index is 0.000000260. The van der Waals surface area contributed by atoms with E-state index >= 15 is 0 Å². The molecule has 0 heterocycles. The van der Waals surface area contributed by atoms with Gasteiger partial charge in [0.1, 0.15) is 0 Å². The van der Waals surface area contributed by atoms with Crippen molar-refractivity contribution in [3.05, 3.63) is 59.7 Å². The maximum Gasteiger partial charge on any atom is 0.242 e. The summed E-state index contributed by atoms with van der Waals surface area (Å²) in [6, 6.07) is 13.6. The van der Waals surface area contributed by atoms with Crippen molar-refractivity contribution < 1.29 is 16.8 Å². The van der Waals surface area contributed by atoms with E-state index in [-0.39, 0.29) is 0 Å². The number of hydrogen-bond acceptors (Lipinski definition) is 4. The molecule has 0 aliphatic carbocycles. The van der Waals surface area contributed by atoms with Gasteiger partial charge in [-0.3, -0.25) is 0 Å². The van der Waals surface area contributed by atoms with Gasteiger partial charge in [0.15, 0.2) is 0 Å². The molecule has 0 aliphatic rings. The highest BCUT2D eigenvalue weighted by molar-refractivity contribution is 7.89. The molecule has 0 unspecified atom stereocenters. The molecule has 26 heavy (non-hydrogen) atoms. The molecule has 0 aromatic heterocycles. The summed E-state index contributed by atoms with van der Waals surface area (Å²) in [6.45, 7) is 6.01. The van der Waals surface area contributed by atoms with Crippen molar-refractivity contribution in [2.24, 2.45) is 0 Å². The summed E-state index contributed by atoms with van der Waals surface area (Å²) in [7, 11) is -3.49. The van der Waals surface area contributed by atoms with Crippen LogP contribution in [0.3, 0.4) is 0 Å². The minimum absolute atomic E-state index is 0.319. The number of nitrogens with one attached hydrogen (secondary N) is 1. The maximum absolute atomic E-state index is 11.6. The third-order valence-electron chi connectivity index (χ3n) is 3.47. The summed E-state index contributed by atoms with van der Waals surface area (Å²) in [5, 5.41) is 0. The van der Waals surface area contributed by atoms with E-state index < -0.39 is 20.0 Å². The van der Waals surface area contributed by atoms with E-state index in [1.54, 1.807) is 55.5 Å². The van der Waals surface area contributed by atoms with Crippen molar-refractivity contribution in [3.8, 4) is 0 Å². The van der Waals surface area contributed by atoms with Crippen molar-refractivity contribution in [3.63, 3.8) is 0 Å². The van der Waals surface area contributed by atoms with Crippen molar-refractivity contribution in [1.82, 2.24) is 9.03 Å². The van der Waals surface area contributed by atoms with Crippen LogP contribution >= 0.6 is 0 Å². The van der Waals surface area contributed by atoms with E-state index in [1.165, 1.54) is 18.4 Å². The molecule has 0 fully saturated rings. The first kappa shape index (κ1) is 22.3. The number of aryl methyl sites for hydroxylation is 2. The predicted molar refractivity (Wildman–Crippen MR) is 104 cm³/mol. The van der Waals surface area contributed by atoms with E-state index in [1.807, 2.05) is 13.8 Å². The minimum atomic E-state index is -3.28. The van der Waals surface area contributed by atoms with Crippen molar-refractivity contribution in [2.75, 3.05) is 20.6 Å². The number of sulfonamides is 2. The molecule has 0 amide bonds. The van der Waals surface area contributed by atoms with Gasteiger partial charge >= 0.3 is 0 Å². The summed E-state index contributed by atoms with van der Waals surface area (Å²) < 4.78 is 49.6. The van der Waals surface area contributed by atoms with Crippen LogP contribution in [0.25, 0.3) is 0 Å². The number of nitrogens with zero attached hydrogens (tertiary/aromatic N) is 1. The summed E-state index contributed by atoms with van der Waals surface area (Å²) in [6.07, 6.45) is 0. The Morgan fingerprint density at radius 3 is 1.50 bits per heavy atom. The molecule has 6 nitrogen and oxygen atoms in total. The van der Waals surface area contributed by atoms with Crippen molar-refractivity contribution in [1.29, 1.82) is 0 Å². The highest BCUT2D eigenvalue weighted by Gasteiger charge is 2.15. The average molecular weight is 399 g/mol. The second-order valence-corrected chi connectivity index (χ2v) is 9.83. The Labute approximate surface area is 157 Å². The smallest absolute Gasteiger partial charge is 0.211 e. The SMILES string of the molecule is CCNS(=O)(=O)c1ccc(C)cc1.Cc1ccc(S(=O)(=O)N(C)C)cc1. The lowest BCUT2D eigenvalue weighted by molar-refractivity contribution is 0.520. The third kappa shape index (κ3) is 6.21. The minimum Gasteiger partial charge on any atom is -0.211 e. The molecule has 0 radical (unpaired) electrons. The average Bonchev–Trinajstić information content (AvgIpc) is 2.56. The largest absolute Gasteiger partial charge is 0.242 e. The van der Waals surface area contributed by atoms with Crippen LogP contribution in [0.5, 0.6) is 0 Å². The van der Waals surface area contributed by atoms with Gasteiger partial charge in [-0.1, -0.05) is 42.3 Å². The highest BCUT2D eigenvalue weighted by Crippen LogP contribution is 2.13. The number of rotatable bonds is 5. The lowest BCUT2D eigenvalue weighted by Crippen LogP contribution is -2.22. The van der Waals surface area contributed by atoms with E-state index in [0.717, 1.165) is 11.1 Å². The maximum atomic E-state index is 11.6. The Bertz CT molecular complexity index is 903. The molecule has 8 heteroatoms. The van der Waals surface area contributed by atoms with E-state index in [9.17, 15) is 16.8 Å². The predicted octanol–water partition coefficient (Wildman–Crippen LogP) is 2.54. The highest BCUT2D eigenvalue weighted by atomic mass is 32.2. The van der Waals surface area contributed by atoms with Gasteiger partial charge in [0, 0.05) is 20.6 Å². The van der Waals surface area contributed by atoms with Crippen LogP contribution in [0.1, 0.15) is 18.1 Å². The molecule has 0 saturated heterocycles. The van der Waals surface area contributed by atoms with Crippen molar-refractivity contribution in [2.45, 2.75) is 30.6 Å². The first-order valence-electron chi connectivity index (χ1n) is 8.06. The lowest BCUT2D eigenvalue weighted by Gasteiger charge is -2.10. The van der Waals surface area contributed by atoms with Crippen LogP contribution in [0.2, 0.25) is 0 Å². The number of hydrogen-bond donors (Lipinski definition) is 1. The molecule has 0 aliphatic heterocycles. The molecule has 1 N–H and O–H groups in total. The second kappa shape index (κ2) is 9.27. The van der Waals surface area contributed by atoms with E-state index in [2.05, 4.69) is 4.72 Å². The fraction of sp³-hybridized carbons (Fsp3) is 0.333. The third-order valence-corrected chi connectivity index (χ3v) is 6.86. The summed E-state index contributed by atoms with van der Waals surface area (Å²) in [4.78, 5) is 0.656. The molecular weight excluding hydrogens is 372 g/mol. The Morgan fingerprint density at radius 1 is 0.769 bits per heavy atom. The molecule has 0 spiro atoms. The van der Waals surface area contributed by atoms with Gasteiger partial charge in [-0.05, 0) is 38.1 Å². The van der Waals surface area contributed by atoms with E-state index in [0.29, 0.717) is 16.3 Å². The topological polar surface area (TPSA) is 83.5 Å². The first-order chi connectivity index (χ1) is 12.0. The Hall–Kier alpha value is -1.74. The molecule has 0 atom stereocenters. The van der Waals surface area contributed by atoms with Gasteiger partial charge in [0.05, 0.1) is 9.79 Å². The van der Waals surface area contributed by atoms with Gasteiger partial charge in [-0.15, -0.1) is 0 Å². The van der Waals surface area contributed by atoms with Gasteiger partial charge in [-0.25, -0.2) is 25.9 Å². The van der Waals surface area contributed by atoms with Crippen LogP contribution in [0.15, 0.2) is 58.3 Å². The molecule has 2 rings (SSSR count). The first-order valence-corrected chi connectivity index (χ1v) is 11.0. The van der Waals surface area contributed by atoms with E-state index in [4.69, 9.17) is 0 Å². The van der Waals surface area contributed by atoms with Crippen LogP contribution in [0, 0.1) is 13.8 Å². The lowest BCUT2D eigenvalue weighted by atomic mass is 10.2. The molecule has 0 bridgehead atoms. The quantitative estimate of drug-likeness (QED) is 0.839. The summed E-state index contributed by atoms with van der Waals surface area (Å²) in [5.41, 5.74) is 2.10. The summed E-state index contributed by atoms with van der Waals surface area (Å²) >= 11 is 0. The molecule has 144 valence electrons. The zero-order valence-corrected chi connectivity index (χ0v) is 17.4. The standard InChI is InChI=1S/2C9H13NO2S/c1-8-4-6-9(7-5-8)13(11,12)10(2)3;1-3-10-13(11,12)9-6-4-8(2)5-7-9/h4-7H,1-3H3;4-7,10H,3H2,1-2H3. The van der Waals surface area contributed by atoms with Crippen LogP contribution in [0.4, 0.5) is 0 Å². The molecule has 2 aromatic carbocycles. The van der Waals surface area contributed by atoms with Crippen LogP contribution in [-0.4, -0.2) is 41.8 Å². The second-order valence-electron chi connectivity index (χ2n) is 5.91. The van der Waals surface area contributed by atoms with Gasteiger partial charge in [0.25, 0.3) is 0 Å². The zero-order chi connectivity index (χ0) is 20.0. The fourth-order valence-electron chi connectivity index (χ4n) is 1.91. The van der Waals surface area contributed by atoms with Crippen LogP contribution < -0.4 is 4.72 Å². The van der Waals surface area contributed by atoms with Gasteiger partial charge in [0.2, 0.25) is 20.0 Å². The molecule has 0 saturated carbocycles. The van der Waals surface area contributed by atoms with Crippen molar-refractivity contribution >= 4 is 20.0 Å². The zero-order valence-electron chi connectivity index (χ0n) is 15.7. The number of benzene rings is 2. The normalized spacial score (nSPS) is 11.8. The molecular formula is C18H26N2O4S2.